The molecule has 2 heterocycles. The van der Waals surface area contributed by atoms with Crippen LogP contribution in [0.5, 0.6) is 0 Å². The predicted molar refractivity (Wildman–Crippen MR) is 78.1 cm³/mol. The zero-order valence-electron chi connectivity index (χ0n) is 12.5. The van der Waals surface area contributed by atoms with E-state index < -0.39 is 0 Å². The number of nitrogens with one attached hydrogen (secondary N) is 2. The molecule has 2 aliphatic rings. The largest absolute Gasteiger partial charge is 0.354 e. The van der Waals surface area contributed by atoms with Gasteiger partial charge in [-0.05, 0) is 45.6 Å². The Morgan fingerprint density at radius 2 is 2.05 bits per heavy atom. The van der Waals surface area contributed by atoms with Crippen molar-refractivity contribution in [3.63, 3.8) is 0 Å². The lowest BCUT2D eigenvalue weighted by atomic mass is 9.96. The summed E-state index contributed by atoms with van der Waals surface area (Å²) >= 11 is 0. The normalized spacial score (nSPS) is 28.0. The molecule has 2 fully saturated rings. The number of likely N-dealkylation sites (tertiary alicyclic amines) is 1. The predicted octanol–water partition coefficient (Wildman–Crippen LogP) is 1.51. The Morgan fingerprint density at radius 1 is 1.32 bits per heavy atom. The van der Waals surface area contributed by atoms with Crippen molar-refractivity contribution in [2.45, 2.75) is 70.5 Å². The van der Waals surface area contributed by atoms with Gasteiger partial charge in [0, 0.05) is 38.1 Å². The smallest absolute Gasteiger partial charge is 0.217 e. The van der Waals surface area contributed by atoms with Crippen LogP contribution in [0, 0.1) is 0 Å². The fourth-order valence-corrected chi connectivity index (χ4v) is 3.46. The molecule has 2 saturated heterocycles. The highest BCUT2D eigenvalue weighted by Crippen LogP contribution is 2.19. The number of carbonyl (C=O) groups excluding carboxylic acids is 1. The monoisotopic (exact) mass is 267 g/mol. The minimum Gasteiger partial charge on any atom is -0.354 e. The molecular formula is C15H29N3O. The van der Waals surface area contributed by atoms with E-state index in [2.05, 4.69) is 22.5 Å². The molecule has 19 heavy (non-hydrogen) atoms. The van der Waals surface area contributed by atoms with Crippen LogP contribution in [0.25, 0.3) is 0 Å². The Kier molecular flexibility index (Phi) is 5.64. The zero-order valence-corrected chi connectivity index (χ0v) is 12.5. The quantitative estimate of drug-likeness (QED) is 0.811. The van der Waals surface area contributed by atoms with Crippen LogP contribution in [0.2, 0.25) is 0 Å². The van der Waals surface area contributed by atoms with Crippen LogP contribution in [0.15, 0.2) is 0 Å². The van der Waals surface area contributed by atoms with Gasteiger partial charge in [0.15, 0.2) is 0 Å². The van der Waals surface area contributed by atoms with Crippen LogP contribution < -0.4 is 10.6 Å². The number of rotatable bonds is 4. The average Bonchev–Trinajstić information content (AvgIpc) is 2.40. The number of hydrogen-bond acceptors (Lipinski definition) is 3. The molecule has 1 amide bonds. The van der Waals surface area contributed by atoms with Crippen molar-refractivity contribution in [2.24, 2.45) is 0 Å². The maximum Gasteiger partial charge on any atom is 0.217 e. The van der Waals surface area contributed by atoms with Gasteiger partial charge in [-0.3, -0.25) is 4.79 Å². The van der Waals surface area contributed by atoms with E-state index in [-0.39, 0.29) is 5.91 Å². The van der Waals surface area contributed by atoms with Crippen LogP contribution in [-0.4, -0.2) is 48.6 Å². The highest BCUT2D eigenvalue weighted by atomic mass is 16.1. The third-order valence-electron chi connectivity index (χ3n) is 4.60. The van der Waals surface area contributed by atoms with Crippen LogP contribution in [0.3, 0.4) is 0 Å². The van der Waals surface area contributed by atoms with Gasteiger partial charge in [0.1, 0.15) is 0 Å². The molecule has 110 valence electrons. The molecular weight excluding hydrogens is 238 g/mol. The molecule has 0 aliphatic carbocycles. The molecule has 2 atom stereocenters. The first kappa shape index (κ1) is 14.8. The third kappa shape index (κ3) is 4.77. The first-order valence-corrected chi connectivity index (χ1v) is 7.89. The average molecular weight is 267 g/mol. The molecule has 0 spiro atoms. The van der Waals surface area contributed by atoms with Gasteiger partial charge in [-0.15, -0.1) is 0 Å². The molecule has 2 N–H and O–H groups in total. The lowest BCUT2D eigenvalue weighted by Crippen LogP contribution is -2.48. The summed E-state index contributed by atoms with van der Waals surface area (Å²) in [5.74, 6) is 0.109. The van der Waals surface area contributed by atoms with Crippen molar-refractivity contribution in [1.29, 1.82) is 0 Å². The zero-order chi connectivity index (χ0) is 13.7. The molecule has 0 aromatic rings. The molecule has 2 unspecified atom stereocenters. The lowest BCUT2D eigenvalue weighted by molar-refractivity contribution is -0.120. The van der Waals surface area contributed by atoms with E-state index in [0.29, 0.717) is 12.1 Å². The molecule has 0 radical (unpaired) electrons. The number of piperidine rings is 2. The molecule has 2 rings (SSSR count). The first-order chi connectivity index (χ1) is 9.15. The van der Waals surface area contributed by atoms with E-state index in [1.54, 1.807) is 6.92 Å². The Labute approximate surface area is 117 Å². The Morgan fingerprint density at radius 3 is 2.63 bits per heavy atom. The van der Waals surface area contributed by atoms with E-state index >= 15 is 0 Å². The minimum atomic E-state index is 0.109. The summed E-state index contributed by atoms with van der Waals surface area (Å²) in [6.45, 7) is 7.42. The Hall–Kier alpha value is -0.610. The van der Waals surface area contributed by atoms with Gasteiger partial charge in [0.2, 0.25) is 5.91 Å². The van der Waals surface area contributed by atoms with Crippen molar-refractivity contribution in [3.8, 4) is 0 Å². The topological polar surface area (TPSA) is 44.4 Å². The van der Waals surface area contributed by atoms with Crippen molar-refractivity contribution >= 4 is 5.91 Å². The number of nitrogens with zero attached hydrogens (tertiary/aromatic N) is 1. The summed E-state index contributed by atoms with van der Waals surface area (Å²) in [6.07, 6.45) is 7.53. The Balaban J connectivity index is 1.69. The molecule has 0 saturated carbocycles. The summed E-state index contributed by atoms with van der Waals surface area (Å²) in [6, 6.07) is 1.78. The van der Waals surface area contributed by atoms with Gasteiger partial charge < -0.3 is 15.5 Å². The highest BCUT2D eigenvalue weighted by molar-refractivity contribution is 5.73. The summed E-state index contributed by atoms with van der Waals surface area (Å²) in [5.41, 5.74) is 0. The van der Waals surface area contributed by atoms with E-state index in [0.717, 1.165) is 32.0 Å². The van der Waals surface area contributed by atoms with Crippen molar-refractivity contribution in [3.05, 3.63) is 0 Å². The summed E-state index contributed by atoms with van der Waals surface area (Å²) < 4.78 is 0. The maximum atomic E-state index is 11.1. The van der Waals surface area contributed by atoms with Crippen molar-refractivity contribution in [2.75, 3.05) is 19.6 Å². The van der Waals surface area contributed by atoms with Crippen molar-refractivity contribution in [1.82, 2.24) is 15.5 Å². The van der Waals surface area contributed by atoms with Gasteiger partial charge in [-0.2, -0.15) is 0 Å². The number of hydrogen-bond donors (Lipinski definition) is 2. The van der Waals surface area contributed by atoms with Gasteiger partial charge in [-0.1, -0.05) is 6.42 Å². The van der Waals surface area contributed by atoms with Crippen LogP contribution in [-0.2, 0) is 4.79 Å². The highest BCUT2D eigenvalue weighted by Gasteiger charge is 2.25. The Bertz CT molecular complexity index is 281. The van der Waals surface area contributed by atoms with Crippen LogP contribution in [0.1, 0.15) is 52.4 Å². The second-order valence-corrected chi connectivity index (χ2v) is 6.24. The summed E-state index contributed by atoms with van der Waals surface area (Å²) in [5, 5.41) is 6.68. The lowest BCUT2D eigenvalue weighted by Gasteiger charge is -2.38. The van der Waals surface area contributed by atoms with Gasteiger partial charge >= 0.3 is 0 Å². The fraction of sp³-hybridized carbons (Fsp3) is 0.933. The van der Waals surface area contributed by atoms with Crippen LogP contribution >= 0.6 is 0 Å². The van der Waals surface area contributed by atoms with E-state index in [4.69, 9.17) is 0 Å². The minimum absolute atomic E-state index is 0.109. The maximum absolute atomic E-state index is 11.1. The van der Waals surface area contributed by atoms with Crippen LogP contribution in [0.4, 0.5) is 0 Å². The fourth-order valence-electron chi connectivity index (χ4n) is 3.46. The third-order valence-corrected chi connectivity index (χ3v) is 4.60. The standard InChI is InChI=1S/C15H29N3O/c1-12(11-15-5-3-4-8-16-15)18-9-6-14(7-10-18)17-13(2)19/h12,14-16H,3-11H2,1-2H3,(H,17,19). The van der Waals surface area contributed by atoms with E-state index in [9.17, 15) is 4.79 Å². The van der Waals surface area contributed by atoms with Gasteiger partial charge in [0.25, 0.3) is 0 Å². The molecule has 0 aromatic heterocycles. The SMILES string of the molecule is CC(=O)NC1CCN(C(C)CC2CCCCN2)CC1. The molecule has 2 aliphatic heterocycles. The van der Waals surface area contributed by atoms with Gasteiger partial charge in [-0.25, -0.2) is 0 Å². The molecule has 4 nitrogen and oxygen atoms in total. The molecule has 4 heteroatoms. The van der Waals surface area contributed by atoms with Crippen molar-refractivity contribution < 1.29 is 4.79 Å². The summed E-state index contributed by atoms with van der Waals surface area (Å²) in [7, 11) is 0. The van der Waals surface area contributed by atoms with E-state index in [1.165, 1.54) is 32.2 Å². The summed E-state index contributed by atoms with van der Waals surface area (Å²) in [4.78, 5) is 13.6. The second kappa shape index (κ2) is 7.25. The second-order valence-electron chi connectivity index (χ2n) is 6.24. The van der Waals surface area contributed by atoms with E-state index in [1.807, 2.05) is 0 Å². The number of carbonyl (C=O) groups is 1. The molecule has 0 aromatic carbocycles. The number of amides is 1. The van der Waals surface area contributed by atoms with Gasteiger partial charge in [0.05, 0.1) is 0 Å². The first-order valence-electron chi connectivity index (χ1n) is 7.89. The molecule has 0 bridgehead atoms.